The van der Waals surface area contributed by atoms with Crippen molar-refractivity contribution >= 4 is 5.91 Å². The predicted molar refractivity (Wildman–Crippen MR) is 75.1 cm³/mol. The average molecular weight is 265 g/mol. The molecule has 4 rings (SSSR count). The van der Waals surface area contributed by atoms with E-state index in [4.69, 9.17) is 4.74 Å². The Hall–Kier alpha value is -2.13. The standard InChI is InChI=1S/C17H15NO2/c1-17-14-10-6-5-9-13(14)16(19)18(17)15(11-20-17)12-7-3-2-4-8-12/h2-10,15H,11H2,1H3/t15-,17-/m1/s1. The molecule has 100 valence electrons. The van der Waals surface area contributed by atoms with E-state index in [9.17, 15) is 4.79 Å². The fraction of sp³-hybridized carbons (Fsp3) is 0.235. The zero-order valence-corrected chi connectivity index (χ0v) is 11.2. The zero-order valence-electron chi connectivity index (χ0n) is 11.2. The summed E-state index contributed by atoms with van der Waals surface area (Å²) in [6.45, 7) is 2.53. The summed E-state index contributed by atoms with van der Waals surface area (Å²) in [6.07, 6.45) is 0. The Labute approximate surface area is 117 Å². The van der Waals surface area contributed by atoms with Crippen LogP contribution in [0.3, 0.4) is 0 Å². The van der Waals surface area contributed by atoms with Gasteiger partial charge in [-0.25, -0.2) is 0 Å². The van der Waals surface area contributed by atoms with Crippen molar-refractivity contribution in [2.24, 2.45) is 0 Å². The lowest BCUT2D eigenvalue weighted by molar-refractivity contribution is -0.0511. The molecule has 2 aromatic rings. The Morgan fingerprint density at radius 2 is 1.80 bits per heavy atom. The van der Waals surface area contributed by atoms with E-state index < -0.39 is 5.72 Å². The van der Waals surface area contributed by atoms with Gasteiger partial charge in [0.15, 0.2) is 5.72 Å². The van der Waals surface area contributed by atoms with Gasteiger partial charge in [0, 0.05) is 11.1 Å². The van der Waals surface area contributed by atoms with Crippen LogP contribution in [0.15, 0.2) is 54.6 Å². The Kier molecular flexibility index (Phi) is 2.30. The van der Waals surface area contributed by atoms with Crippen LogP contribution in [0.5, 0.6) is 0 Å². The lowest BCUT2D eigenvalue weighted by atomic mass is 10.0. The molecule has 0 N–H and O–H groups in total. The lowest BCUT2D eigenvalue weighted by Gasteiger charge is -2.30. The van der Waals surface area contributed by atoms with Gasteiger partial charge in [0.1, 0.15) is 0 Å². The summed E-state index contributed by atoms with van der Waals surface area (Å²) in [4.78, 5) is 14.6. The number of benzene rings is 2. The summed E-state index contributed by atoms with van der Waals surface area (Å²) in [6, 6.07) is 17.8. The zero-order chi connectivity index (χ0) is 13.7. The molecule has 3 heteroatoms. The van der Waals surface area contributed by atoms with Crippen molar-refractivity contribution in [1.29, 1.82) is 0 Å². The second-order valence-corrected chi connectivity index (χ2v) is 5.44. The first-order valence-corrected chi connectivity index (χ1v) is 6.84. The summed E-state index contributed by atoms with van der Waals surface area (Å²) < 4.78 is 6.03. The fourth-order valence-corrected chi connectivity index (χ4v) is 3.35. The molecule has 2 heterocycles. The maximum absolute atomic E-state index is 12.7. The molecule has 2 aromatic carbocycles. The van der Waals surface area contributed by atoms with Crippen LogP contribution in [-0.2, 0) is 10.5 Å². The number of rotatable bonds is 1. The molecule has 0 bridgehead atoms. The highest BCUT2D eigenvalue weighted by Gasteiger charge is 2.54. The van der Waals surface area contributed by atoms with Crippen LogP contribution < -0.4 is 0 Å². The third-order valence-electron chi connectivity index (χ3n) is 4.35. The molecule has 1 fully saturated rings. The SMILES string of the molecule is C[C@]12OC[C@H](c3ccccc3)N1C(=O)c1ccccc12. The van der Waals surface area contributed by atoms with Gasteiger partial charge in [-0.05, 0) is 18.6 Å². The van der Waals surface area contributed by atoms with E-state index >= 15 is 0 Å². The van der Waals surface area contributed by atoms with E-state index in [-0.39, 0.29) is 11.9 Å². The van der Waals surface area contributed by atoms with E-state index in [1.54, 1.807) is 0 Å². The van der Waals surface area contributed by atoms with E-state index in [2.05, 4.69) is 12.1 Å². The van der Waals surface area contributed by atoms with Crippen molar-refractivity contribution in [3.05, 3.63) is 71.3 Å². The molecule has 2 aliphatic heterocycles. The molecule has 0 spiro atoms. The molecule has 20 heavy (non-hydrogen) atoms. The summed E-state index contributed by atoms with van der Waals surface area (Å²) in [5.74, 6) is 0.0643. The van der Waals surface area contributed by atoms with E-state index in [1.165, 1.54) is 0 Å². The first-order valence-electron chi connectivity index (χ1n) is 6.84. The van der Waals surface area contributed by atoms with E-state index in [0.29, 0.717) is 6.61 Å². The second-order valence-electron chi connectivity index (χ2n) is 5.44. The molecular formula is C17H15NO2. The minimum absolute atomic E-state index is 0.0129. The molecule has 0 aromatic heterocycles. The number of nitrogens with zero attached hydrogens (tertiary/aromatic N) is 1. The summed E-state index contributed by atoms with van der Waals surface area (Å²) in [7, 11) is 0. The van der Waals surface area contributed by atoms with Crippen molar-refractivity contribution in [3.8, 4) is 0 Å². The van der Waals surface area contributed by atoms with Crippen molar-refractivity contribution in [2.45, 2.75) is 18.7 Å². The van der Waals surface area contributed by atoms with Gasteiger partial charge in [0.2, 0.25) is 0 Å². The van der Waals surface area contributed by atoms with Crippen molar-refractivity contribution in [1.82, 2.24) is 4.90 Å². The maximum Gasteiger partial charge on any atom is 0.257 e. The van der Waals surface area contributed by atoms with Gasteiger partial charge in [-0.3, -0.25) is 9.69 Å². The van der Waals surface area contributed by atoms with Gasteiger partial charge in [-0.1, -0.05) is 48.5 Å². The van der Waals surface area contributed by atoms with Gasteiger partial charge >= 0.3 is 0 Å². The molecule has 0 aliphatic carbocycles. The number of carbonyl (C=O) groups is 1. The van der Waals surface area contributed by atoms with Crippen molar-refractivity contribution in [3.63, 3.8) is 0 Å². The smallest absolute Gasteiger partial charge is 0.257 e. The van der Waals surface area contributed by atoms with Crippen LogP contribution in [0, 0.1) is 0 Å². The molecule has 0 radical (unpaired) electrons. The molecule has 3 nitrogen and oxygen atoms in total. The predicted octanol–water partition coefficient (Wildman–Crippen LogP) is 3.09. The summed E-state index contributed by atoms with van der Waals surface area (Å²) >= 11 is 0. The van der Waals surface area contributed by atoms with Crippen molar-refractivity contribution in [2.75, 3.05) is 6.61 Å². The van der Waals surface area contributed by atoms with Crippen LogP contribution in [0.1, 0.15) is 34.5 Å². The van der Waals surface area contributed by atoms with Crippen LogP contribution in [-0.4, -0.2) is 17.4 Å². The third-order valence-corrected chi connectivity index (χ3v) is 4.35. The van der Waals surface area contributed by atoms with Gasteiger partial charge in [0.05, 0.1) is 12.6 Å². The summed E-state index contributed by atoms with van der Waals surface area (Å²) in [5, 5.41) is 0. The first-order chi connectivity index (χ1) is 9.72. The Morgan fingerprint density at radius 1 is 1.10 bits per heavy atom. The minimum Gasteiger partial charge on any atom is -0.349 e. The van der Waals surface area contributed by atoms with Crippen LogP contribution >= 0.6 is 0 Å². The number of carbonyl (C=O) groups excluding carboxylic acids is 1. The van der Waals surface area contributed by atoms with E-state index in [1.807, 2.05) is 54.3 Å². The Morgan fingerprint density at radius 3 is 2.60 bits per heavy atom. The van der Waals surface area contributed by atoms with Gasteiger partial charge in [-0.2, -0.15) is 0 Å². The highest BCUT2D eigenvalue weighted by molar-refractivity contribution is 6.00. The lowest BCUT2D eigenvalue weighted by Crippen LogP contribution is -2.38. The Bertz CT molecular complexity index is 682. The molecule has 1 amide bonds. The maximum atomic E-state index is 12.7. The number of hydrogen-bond acceptors (Lipinski definition) is 2. The third kappa shape index (κ3) is 1.36. The number of hydrogen-bond donors (Lipinski definition) is 0. The quantitative estimate of drug-likeness (QED) is 0.793. The average Bonchev–Trinajstić information content (AvgIpc) is 2.95. The number of amides is 1. The molecule has 0 saturated carbocycles. The normalized spacial score (nSPS) is 27.6. The number of ether oxygens (including phenoxy) is 1. The van der Waals surface area contributed by atoms with Crippen LogP contribution in [0.2, 0.25) is 0 Å². The fourth-order valence-electron chi connectivity index (χ4n) is 3.35. The second kappa shape index (κ2) is 3.93. The van der Waals surface area contributed by atoms with Gasteiger partial charge in [-0.15, -0.1) is 0 Å². The molecule has 2 aliphatic rings. The van der Waals surface area contributed by atoms with E-state index in [0.717, 1.165) is 16.7 Å². The van der Waals surface area contributed by atoms with Gasteiger partial charge in [0.25, 0.3) is 5.91 Å². The molecule has 2 atom stereocenters. The first kappa shape index (κ1) is 11.7. The van der Waals surface area contributed by atoms with Gasteiger partial charge < -0.3 is 4.74 Å². The highest BCUT2D eigenvalue weighted by Crippen LogP contribution is 2.49. The summed E-state index contributed by atoms with van der Waals surface area (Å²) in [5.41, 5.74) is 2.23. The largest absolute Gasteiger partial charge is 0.349 e. The molecular weight excluding hydrogens is 250 g/mol. The topological polar surface area (TPSA) is 29.5 Å². The van der Waals surface area contributed by atoms with Crippen LogP contribution in [0.25, 0.3) is 0 Å². The monoisotopic (exact) mass is 265 g/mol. The highest BCUT2D eigenvalue weighted by atomic mass is 16.5. The molecule has 1 saturated heterocycles. The minimum atomic E-state index is -0.631. The van der Waals surface area contributed by atoms with Crippen molar-refractivity contribution < 1.29 is 9.53 Å². The van der Waals surface area contributed by atoms with Crippen LogP contribution in [0.4, 0.5) is 0 Å². The Balaban J connectivity index is 1.84. The molecule has 0 unspecified atom stereocenters. The number of fused-ring (bicyclic) bond motifs is 3.